The molecule has 8 heteroatoms. The van der Waals surface area contributed by atoms with Gasteiger partial charge in [-0.15, -0.1) is 0 Å². The highest BCUT2D eigenvalue weighted by molar-refractivity contribution is 5.91. The van der Waals surface area contributed by atoms with E-state index in [9.17, 15) is 9.59 Å². The first kappa shape index (κ1) is 16.1. The normalized spacial score (nSPS) is 17.6. The lowest BCUT2D eigenvalue weighted by Crippen LogP contribution is -2.48. The third-order valence-electron chi connectivity index (χ3n) is 4.12. The van der Waals surface area contributed by atoms with E-state index in [-0.39, 0.29) is 23.0 Å². The smallest absolute Gasteiger partial charge is 0.287 e. The second-order valence-corrected chi connectivity index (χ2v) is 5.75. The van der Waals surface area contributed by atoms with Crippen molar-refractivity contribution in [1.29, 1.82) is 0 Å². The standard InChI is InChI=1S/C16H20N4O4/c1-19-15(5-6-17-19)20-7-3-4-11(9-20)18-16(22)13-8-12(21)14(23-2)10-24-13/h5-6,8,10-11H,3-4,7,9H2,1-2H3,(H,18,22)/t11-/m0/s1. The molecule has 8 nitrogen and oxygen atoms in total. The quantitative estimate of drug-likeness (QED) is 0.890. The number of ether oxygens (including phenoxy) is 1. The van der Waals surface area contributed by atoms with Crippen molar-refractivity contribution in [2.24, 2.45) is 7.05 Å². The third kappa shape index (κ3) is 3.27. The Bertz CT molecular complexity index is 782. The molecule has 128 valence electrons. The van der Waals surface area contributed by atoms with E-state index < -0.39 is 5.91 Å². The molecule has 0 unspecified atom stereocenters. The zero-order valence-electron chi connectivity index (χ0n) is 13.7. The lowest BCUT2D eigenvalue weighted by molar-refractivity contribution is 0.0902. The Labute approximate surface area is 139 Å². The number of carbonyl (C=O) groups is 1. The monoisotopic (exact) mass is 332 g/mol. The fourth-order valence-electron chi connectivity index (χ4n) is 2.90. The summed E-state index contributed by atoms with van der Waals surface area (Å²) in [6.07, 6.45) is 4.74. The summed E-state index contributed by atoms with van der Waals surface area (Å²) in [4.78, 5) is 26.2. The van der Waals surface area contributed by atoms with Crippen molar-refractivity contribution in [3.05, 3.63) is 40.6 Å². The maximum atomic E-state index is 12.3. The van der Waals surface area contributed by atoms with Crippen molar-refractivity contribution >= 4 is 11.7 Å². The minimum atomic E-state index is -0.397. The van der Waals surface area contributed by atoms with Crippen molar-refractivity contribution in [2.45, 2.75) is 18.9 Å². The largest absolute Gasteiger partial charge is 0.490 e. The van der Waals surface area contributed by atoms with E-state index >= 15 is 0 Å². The second kappa shape index (κ2) is 6.77. The van der Waals surface area contributed by atoms with Crippen LogP contribution in [0, 0.1) is 0 Å². The van der Waals surface area contributed by atoms with Crippen LogP contribution in [0.25, 0.3) is 0 Å². The number of methoxy groups -OCH3 is 1. The molecule has 2 aromatic rings. The van der Waals surface area contributed by atoms with Gasteiger partial charge in [0, 0.05) is 38.3 Å². The van der Waals surface area contributed by atoms with Crippen molar-refractivity contribution in [2.75, 3.05) is 25.1 Å². The Morgan fingerprint density at radius 2 is 2.33 bits per heavy atom. The van der Waals surface area contributed by atoms with Gasteiger partial charge in [0.2, 0.25) is 11.2 Å². The van der Waals surface area contributed by atoms with Gasteiger partial charge in [0.05, 0.1) is 13.3 Å². The molecule has 0 saturated carbocycles. The molecule has 24 heavy (non-hydrogen) atoms. The molecule has 3 rings (SSSR count). The fourth-order valence-corrected chi connectivity index (χ4v) is 2.90. The third-order valence-corrected chi connectivity index (χ3v) is 4.12. The van der Waals surface area contributed by atoms with Gasteiger partial charge in [-0.2, -0.15) is 5.10 Å². The second-order valence-electron chi connectivity index (χ2n) is 5.75. The number of hydrogen-bond donors (Lipinski definition) is 1. The fraction of sp³-hybridized carbons (Fsp3) is 0.438. The van der Waals surface area contributed by atoms with Crippen LogP contribution in [0.2, 0.25) is 0 Å². The maximum absolute atomic E-state index is 12.3. The Hall–Kier alpha value is -2.77. The summed E-state index contributed by atoms with van der Waals surface area (Å²) in [7, 11) is 3.27. The van der Waals surface area contributed by atoms with Crippen LogP contribution in [0.1, 0.15) is 23.4 Å². The molecule has 0 radical (unpaired) electrons. The van der Waals surface area contributed by atoms with Crippen molar-refractivity contribution in [3.8, 4) is 5.75 Å². The summed E-state index contributed by atoms with van der Waals surface area (Å²) in [5.74, 6) is 0.682. The first-order valence-corrected chi connectivity index (χ1v) is 7.79. The lowest BCUT2D eigenvalue weighted by Gasteiger charge is -2.34. The van der Waals surface area contributed by atoms with Crippen molar-refractivity contribution < 1.29 is 13.9 Å². The lowest BCUT2D eigenvalue weighted by atomic mass is 10.1. The first-order chi connectivity index (χ1) is 11.6. The van der Waals surface area contributed by atoms with Gasteiger partial charge in [-0.05, 0) is 12.8 Å². The number of aromatic nitrogens is 2. The molecule has 0 spiro atoms. The zero-order chi connectivity index (χ0) is 17.1. The van der Waals surface area contributed by atoms with Gasteiger partial charge in [0.1, 0.15) is 12.1 Å². The minimum Gasteiger partial charge on any atom is -0.490 e. The summed E-state index contributed by atoms with van der Waals surface area (Å²) in [5, 5.41) is 7.10. The van der Waals surface area contributed by atoms with Crippen molar-refractivity contribution in [1.82, 2.24) is 15.1 Å². The van der Waals surface area contributed by atoms with E-state index in [2.05, 4.69) is 15.3 Å². The van der Waals surface area contributed by atoms with Crippen LogP contribution in [0.4, 0.5) is 5.82 Å². The van der Waals surface area contributed by atoms with Crippen LogP contribution in [-0.4, -0.2) is 41.9 Å². The molecule has 3 heterocycles. The number of nitrogens with zero attached hydrogens (tertiary/aromatic N) is 3. The molecule has 0 aromatic carbocycles. The van der Waals surface area contributed by atoms with E-state index in [4.69, 9.17) is 9.15 Å². The van der Waals surface area contributed by atoms with E-state index in [1.54, 1.807) is 6.20 Å². The predicted molar refractivity (Wildman–Crippen MR) is 87.4 cm³/mol. The number of rotatable bonds is 4. The van der Waals surface area contributed by atoms with Gasteiger partial charge < -0.3 is 19.4 Å². The number of hydrogen-bond acceptors (Lipinski definition) is 6. The minimum absolute atomic E-state index is 0.0153. The molecular formula is C16H20N4O4. The highest BCUT2D eigenvalue weighted by atomic mass is 16.5. The molecule has 1 atom stereocenters. The van der Waals surface area contributed by atoms with Gasteiger partial charge in [-0.25, -0.2) is 0 Å². The van der Waals surface area contributed by atoms with Gasteiger partial charge in [0.15, 0.2) is 5.76 Å². The number of aryl methyl sites for hydroxylation is 1. The Kier molecular flexibility index (Phi) is 4.54. The summed E-state index contributed by atoms with van der Waals surface area (Å²) >= 11 is 0. The summed E-state index contributed by atoms with van der Waals surface area (Å²) in [6, 6.07) is 3.08. The number of piperidine rings is 1. The first-order valence-electron chi connectivity index (χ1n) is 7.79. The highest BCUT2D eigenvalue weighted by Crippen LogP contribution is 2.19. The molecule has 1 fully saturated rings. The molecule has 0 bridgehead atoms. The van der Waals surface area contributed by atoms with E-state index in [0.29, 0.717) is 6.54 Å². The Morgan fingerprint density at radius 1 is 1.50 bits per heavy atom. The molecule has 0 aliphatic carbocycles. The summed E-state index contributed by atoms with van der Waals surface area (Å²) in [6.45, 7) is 1.61. The number of amides is 1. The Morgan fingerprint density at radius 3 is 3.00 bits per heavy atom. The number of nitrogens with one attached hydrogen (secondary N) is 1. The molecule has 1 aliphatic rings. The van der Waals surface area contributed by atoms with E-state index in [0.717, 1.165) is 37.5 Å². The van der Waals surface area contributed by atoms with Crippen LogP contribution in [0.3, 0.4) is 0 Å². The molecule has 1 saturated heterocycles. The maximum Gasteiger partial charge on any atom is 0.287 e. The molecule has 2 aromatic heterocycles. The number of carbonyl (C=O) groups excluding carboxylic acids is 1. The van der Waals surface area contributed by atoms with Crippen LogP contribution < -0.4 is 20.4 Å². The van der Waals surface area contributed by atoms with Crippen LogP contribution in [0.5, 0.6) is 5.75 Å². The van der Waals surface area contributed by atoms with E-state index in [1.807, 2.05) is 17.8 Å². The van der Waals surface area contributed by atoms with E-state index in [1.165, 1.54) is 7.11 Å². The zero-order valence-corrected chi connectivity index (χ0v) is 13.7. The summed E-state index contributed by atoms with van der Waals surface area (Å²) in [5.41, 5.74) is -0.381. The average Bonchev–Trinajstić information content (AvgIpc) is 3.01. The van der Waals surface area contributed by atoms with Gasteiger partial charge >= 0.3 is 0 Å². The van der Waals surface area contributed by atoms with Gasteiger partial charge in [-0.3, -0.25) is 14.3 Å². The number of anilines is 1. The van der Waals surface area contributed by atoms with Crippen LogP contribution in [-0.2, 0) is 7.05 Å². The predicted octanol–water partition coefficient (Wildman–Crippen LogP) is 0.781. The molecule has 1 aliphatic heterocycles. The van der Waals surface area contributed by atoms with Gasteiger partial charge in [-0.1, -0.05) is 0 Å². The van der Waals surface area contributed by atoms with Crippen LogP contribution in [0.15, 0.2) is 33.8 Å². The average molecular weight is 332 g/mol. The molecular weight excluding hydrogens is 312 g/mol. The molecule has 1 amide bonds. The SMILES string of the molecule is COc1coc(C(=O)N[C@H]2CCCN(c3ccnn3C)C2)cc1=O. The topological polar surface area (TPSA) is 89.6 Å². The summed E-state index contributed by atoms with van der Waals surface area (Å²) < 4.78 is 11.8. The van der Waals surface area contributed by atoms with Crippen LogP contribution >= 0.6 is 0 Å². The molecule has 1 N–H and O–H groups in total. The Balaban J connectivity index is 1.67. The van der Waals surface area contributed by atoms with Crippen molar-refractivity contribution in [3.63, 3.8) is 0 Å². The van der Waals surface area contributed by atoms with Gasteiger partial charge in [0.25, 0.3) is 5.91 Å². The highest BCUT2D eigenvalue weighted by Gasteiger charge is 2.24.